The van der Waals surface area contributed by atoms with E-state index in [2.05, 4.69) is 0 Å². The lowest BCUT2D eigenvalue weighted by molar-refractivity contribution is -0.249. The van der Waals surface area contributed by atoms with Gasteiger partial charge in [-0.05, 0) is 12.0 Å². The zero-order chi connectivity index (χ0) is 18.3. The van der Waals surface area contributed by atoms with E-state index in [4.69, 9.17) is 0 Å². The van der Waals surface area contributed by atoms with E-state index in [0.29, 0.717) is 23.1 Å². The molecule has 0 bridgehead atoms. The number of benzene rings is 1. The predicted molar refractivity (Wildman–Crippen MR) is 83.1 cm³/mol. The normalized spacial score (nSPS) is 21.3. The van der Waals surface area contributed by atoms with Gasteiger partial charge in [0.15, 0.2) is 0 Å². The van der Waals surface area contributed by atoms with Crippen LogP contribution in [0.1, 0.15) is 16.7 Å². The molecule has 25 heavy (non-hydrogen) atoms. The molecular weight excluding hydrogens is 339 g/mol. The van der Waals surface area contributed by atoms with Gasteiger partial charge >= 0.3 is 11.9 Å². The molecule has 0 saturated carbocycles. The third-order valence-corrected chi connectivity index (χ3v) is 5.05. The van der Waals surface area contributed by atoms with E-state index in [1.54, 1.807) is 6.07 Å². The van der Waals surface area contributed by atoms with Crippen LogP contribution in [0.5, 0.6) is 0 Å². The Labute approximate surface area is 139 Å². The van der Waals surface area contributed by atoms with Crippen molar-refractivity contribution in [1.82, 2.24) is 9.13 Å². The average molecular weight is 353 g/mol. The van der Waals surface area contributed by atoms with Crippen LogP contribution in [-0.4, -0.2) is 27.0 Å². The third-order valence-electron chi connectivity index (χ3n) is 5.05. The van der Waals surface area contributed by atoms with Gasteiger partial charge in [-0.25, -0.2) is 4.79 Å². The van der Waals surface area contributed by atoms with Crippen LogP contribution in [0.15, 0.2) is 27.8 Å². The van der Waals surface area contributed by atoms with Crippen LogP contribution in [0.3, 0.4) is 0 Å². The van der Waals surface area contributed by atoms with Gasteiger partial charge in [-0.2, -0.15) is 13.2 Å². The van der Waals surface area contributed by atoms with Crippen molar-refractivity contribution in [3.05, 3.63) is 55.7 Å². The van der Waals surface area contributed by atoms with Crippen molar-refractivity contribution in [2.75, 3.05) is 11.4 Å². The molecular formula is C16H14F3N3O3. The summed E-state index contributed by atoms with van der Waals surface area (Å²) in [5.74, 6) is -0.203. The SMILES string of the molecule is Cn1c2c(c(=O)n(C)c1=O)[C@](O)(C(F)(F)F)c1cccc3c1N2CC3. The van der Waals surface area contributed by atoms with Crippen LogP contribution in [0.25, 0.3) is 0 Å². The van der Waals surface area contributed by atoms with E-state index in [1.165, 1.54) is 24.1 Å². The number of aromatic nitrogens is 2. The van der Waals surface area contributed by atoms with Crippen molar-refractivity contribution < 1.29 is 18.3 Å². The minimum Gasteiger partial charge on any atom is -0.372 e. The highest BCUT2D eigenvalue weighted by Crippen LogP contribution is 2.55. The monoisotopic (exact) mass is 353 g/mol. The first-order valence-electron chi connectivity index (χ1n) is 7.60. The van der Waals surface area contributed by atoms with Gasteiger partial charge in [-0.15, -0.1) is 0 Å². The van der Waals surface area contributed by atoms with Crippen LogP contribution in [0, 0.1) is 0 Å². The fraction of sp³-hybridized carbons (Fsp3) is 0.375. The summed E-state index contributed by atoms with van der Waals surface area (Å²) < 4.78 is 43.6. The van der Waals surface area contributed by atoms with E-state index in [1.807, 2.05) is 0 Å². The summed E-state index contributed by atoms with van der Waals surface area (Å²) in [4.78, 5) is 26.4. The smallest absolute Gasteiger partial charge is 0.372 e. The van der Waals surface area contributed by atoms with Gasteiger partial charge in [0.05, 0.1) is 5.69 Å². The Balaban J connectivity index is 2.27. The number of fused-ring (bicyclic) bond motifs is 2. The van der Waals surface area contributed by atoms with Gasteiger partial charge in [0, 0.05) is 26.2 Å². The minimum atomic E-state index is -5.13. The standard InChI is InChI=1S/C16H14F3N3O3/c1-20-12-10(13(23)21(2)14(20)24)15(25,16(17,18)19)9-5-3-4-8-6-7-22(12)11(8)9/h3-5,25H,6-7H2,1-2H3/t15-/m0/s1. The lowest BCUT2D eigenvalue weighted by Gasteiger charge is -2.41. The Kier molecular flexibility index (Phi) is 2.90. The maximum atomic E-state index is 14.0. The van der Waals surface area contributed by atoms with Crippen molar-refractivity contribution in [3.63, 3.8) is 0 Å². The Hall–Kier alpha value is -2.55. The Morgan fingerprint density at radius 1 is 1.16 bits per heavy atom. The second kappa shape index (κ2) is 4.54. The number of halogens is 3. The first kappa shape index (κ1) is 15.9. The third kappa shape index (κ3) is 1.68. The van der Waals surface area contributed by atoms with E-state index in [9.17, 15) is 27.9 Å². The van der Waals surface area contributed by atoms with Crippen molar-refractivity contribution in [3.8, 4) is 0 Å². The molecule has 0 radical (unpaired) electrons. The lowest BCUT2D eigenvalue weighted by atomic mass is 9.81. The Morgan fingerprint density at radius 2 is 1.84 bits per heavy atom. The van der Waals surface area contributed by atoms with E-state index < -0.39 is 28.6 Å². The average Bonchev–Trinajstić information content (AvgIpc) is 2.98. The van der Waals surface area contributed by atoms with Crippen LogP contribution < -0.4 is 16.1 Å². The summed E-state index contributed by atoms with van der Waals surface area (Å²) in [7, 11) is 2.39. The molecule has 2 aromatic rings. The number of anilines is 2. The zero-order valence-corrected chi connectivity index (χ0v) is 13.4. The van der Waals surface area contributed by atoms with E-state index in [-0.39, 0.29) is 17.1 Å². The molecule has 4 rings (SSSR count). The summed E-state index contributed by atoms with van der Waals surface area (Å²) >= 11 is 0. The quantitative estimate of drug-likeness (QED) is 0.764. The summed E-state index contributed by atoms with van der Waals surface area (Å²) in [6.45, 7) is 0.327. The van der Waals surface area contributed by atoms with Gasteiger partial charge in [-0.3, -0.25) is 13.9 Å². The number of para-hydroxylation sites is 1. The number of rotatable bonds is 0. The molecule has 1 atom stereocenters. The van der Waals surface area contributed by atoms with Crippen LogP contribution in [0.2, 0.25) is 0 Å². The summed E-state index contributed by atoms with van der Waals surface area (Å²) in [5, 5.41) is 10.8. The molecule has 1 aromatic carbocycles. The summed E-state index contributed by atoms with van der Waals surface area (Å²) in [5.41, 5.74) is -5.73. The molecule has 0 aliphatic carbocycles. The van der Waals surface area contributed by atoms with E-state index in [0.717, 1.165) is 11.6 Å². The molecule has 0 saturated heterocycles. The maximum Gasteiger partial charge on any atom is 0.426 e. The molecule has 0 unspecified atom stereocenters. The highest BCUT2D eigenvalue weighted by molar-refractivity contribution is 5.80. The molecule has 0 spiro atoms. The Bertz CT molecular complexity index is 1040. The van der Waals surface area contributed by atoms with Crippen LogP contribution in [-0.2, 0) is 26.1 Å². The number of hydrogen-bond acceptors (Lipinski definition) is 4. The molecule has 0 amide bonds. The van der Waals surface area contributed by atoms with Gasteiger partial charge in [-0.1, -0.05) is 18.2 Å². The molecule has 2 aliphatic rings. The van der Waals surface area contributed by atoms with Crippen LogP contribution >= 0.6 is 0 Å². The summed E-state index contributed by atoms with van der Waals surface area (Å²) in [6.07, 6.45) is -4.67. The zero-order valence-electron chi connectivity index (χ0n) is 13.4. The predicted octanol–water partition coefficient (Wildman–Crippen LogP) is 0.890. The number of alkyl halides is 3. The first-order chi connectivity index (χ1) is 11.6. The number of aliphatic hydroxyl groups is 1. The number of hydrogen-bond donors (Lipinski definition) is 1. The van der Waals surface area contributed by atoms with Gasteiger partial charge < -0.3 is 10.0 Å². The maximum absolute atomic E-state index is 14.0. The number of nitrogens with zero attached hydrogens (tertiary/aromatic N) is 3. The molecule has 9 heteroatoms. The highest BCUT2D eigenvalue weighted by Gasteiger charge is 2.63. The molecule has 2 aliphatic heterocycles. The molecule has 132 valence electrons. The van der Waals surface area contributed by atoms with Crippen LogP contribution in [0.4, 0.5) is 24.7 Å². The molecule has 6 nitrogen and oxygen atoms in total. The fourth-order valence-electron chi connectivity index (χ4n) is 3.85. The fourth-order valence-corrected chi connectivity index (χ4v) is 3.85. The van der Waals surface area contributed by atoms with Gasteiger partial charge in [0.1, 0.15) is 11.4 Å². The second-order valence-electron chi connectivity index (χ2n) is 6.33. The topological polar surface area (TPSA) is 67.5 Å². The molecule has 3 heterocycles. The van der Waals surface area contributed by atoms with Gasteiger partial charge in [0.25, 0.3) is 5.56 Å². The van der Waals surface area contributed by atoms with Crippen molar-refractivity contribution >= 4 is 11.5 Å². The Morgan fingerprint density at radius 3 is 2.48 bits per heavy atom. The summed E-state index contributed by atoms with van der Waals surface area (Å²) in [6, 6.07) is 4.30. The lowest BCUT2D eigenvalue weighted by Crippen LogP contribution is -2.55. The van der Waals surface area contributed by atoms with E-state index >= 15 is 0 Å². The van der Waals surface area contributed by atoms with Crippen molar-refractivity contribution in [1.29, 1.82) is 0 Å². The first-order valence-corrected chi connectivity index (χ1v) is 7.60. The minimum absolute atomic E-state index is 0.203. The van der Waals surface area contributed by atoms with Crippen molar-refractivity contribution in [2.24, 2.45) is 14.1 Å². The molecule has 1 N–H and O–H groups in total. The second-order valence-corrected chi connectivity index (χ2v) is 6.33. The molecule has 1 aromatic heterocycles. The molecule has 0 fully saturated rings. The largest absolute Gasteiger partial charge is 0.426 e. The van der Waals surface area contributed by atoms with Crippen molar-refractivity contribution in [2.45, 2.75) is 18.2 Å². The highest BCUT2D eigenvalue weighted by atomic mass is 19.4. The van der Waals surface area contributed by atoms with Gasteiger partial charge in [0.2, 0.25) is 5.60 Å².